The lowest BCUT2D eigenvalue weighted by Crippen LogP contribution is -2.25. The third-order valence-electron chi connectivity index (χ3n) is 3.31. The molecule has 1 N–H and O–H groups in total. The summed E-state index contributed by atoms with van der Waals surface area (Å²) >= 11 is 0. The van der Waals surface area contributed by atoms with Crippen LogP contribution in [0, 0.1) is 0 Å². The van der Waals surface area contributed by atoms with E-state index in [1.165, 1.54) is 0 Å². The Morgan fingerprint density at radius 1 is 1.09 bits per heavy atom. The molecule has 0 spiro atoms. The maximum absolute atomic E-state index is 12.4. The third kappa shape index (κ3) is 4.99. The zero-order valence-electron chi connectivity index (χ0n) is 14.0. The number of fused-ring (bicyclic) bond motifs is 1. The summed E-state index contributed by atoms with van der Waals surface area (Å²) in [5.41, 5.74) is 1.85. The van der Waals surface area contributed by atoms with E-state index in [-0.39, 0.29) is 6.61 Å². The van der Waals surface area contributed by atoms with Gasteiger partial charge in [-0.3, -0.25) is 0 Å². The Morgan fingerprint density at radius 2 is 1.74 bits per heavy atom. The van der Waals surface area contributed by atoms with Gasteiger partial charge in [-0.2, -0.15) is 0 Å². The Kier molecular flexibility index (Phi) is 5.66. The first-order valence-electron chi connectivity index (χ1n) is 8.00. The molecule has 2 rings (SSSR count). The molecule has 0 amide bonds. The number of rotatable bonds is 6. The Morgan fingerprint density at radius 3 is 2.35 bits per heavy atom. The summed E-state index contributed by atoms with van der Waals surface area (Å²) < 4.78 is 5.46. The van der Waals surface area contributed by atoms with Crippen molar-refractivity contribution in [3.8, 4) is 0 Å². The van der Waals surface area contributed by atoms with Crippen LogP contribution >= 0.6 is 0 Å². The molecule has 1 aromatic carbocycles. The van der Waals surface area contributed by atoms with Gasteiger partial charge in [-0.1, -0.05) is 18.6 Å². The highest BCUT2D eigenvalue weighted by Gasteiger charge is 2.23. The summed E-state index contributed by atoms with van der Waals surface area (Å²) in [6.45, 7) is 5.68. The molecule has 0 saturated carbocycles. The van der Waals surface area contributed by atoms with Gasteiger partial charge in [0.1, 0.15) is 5.60 Å². The van der Waals surface area contributed by atoms with Crippen molar-refractivity contribution in [3.05, 3.63) is 35.7 Å². The van der Waals surface area contributed by atoms with Crippen LogP contribution in [-0.4, -0.2) is 33.3 Å². The quantitative estimate of drug-likeness (QED) is 0.654. The number of aryl methyl sites for hydroxylation is 1. The van der Waals surface area contributed by atoms with Gasteiger partial charge in [0.15, 0.2) is 5.69 Å². The molecule has 23 heavy (non-hydrogen) atoms. The molecule has 5 nitrogen and oxygen atoms in total. The first-order chi connectivity index (χ1) is 10.9. The van der Waals surface area contributed by atoms with Crippen molar-refractivity contribution in [1.29, 1.82) is 0 Å². The van der Waals surface area contributed by atoms with Crippen LogP contribution < -0.4 is 0 Å². The summed E-state index contributed by atoms with van der Waals surface area (Å²) in [5, 5.41) is 8.87. The maximum Gasteiger partial charge on any atom is 0.359 e. The number of aliphatic hydroxyl groups is 1. The van der Waals surface area contributed by atoms with Gasteiger partial charge in [0, 0.05) is 6.61 Å². The second kappa shape index (κ2) is 7.51. The van der Waals surface area contributed by atoms with Crippen LogP contribution in [0.15, 0.2) is 24.3 Å². The molecule has 124 valence electrons. The monoisotopic (exact) mass is 316 g/mol. The number of carbonyl (C=O) groups excluding carboxylic acids is 1. The summed E-state index contributed by atoms with van der Waals surface area (Å²) in [7, 11) is 0. The van der Waals surface area contributed by atoms with Gasteiger partial charge < -0.3 is 9.84 Å². The predicted molar refractivity (Wildman–Crippen MR) is 89.3 cm³/mol. The Labute approximate surface area is 136 Å². The van der Waals surface area contributed by atoms with E-state index in [1.54, 1.807) is 0 Å². The second-order valence-electron chi connectivity index (χ2n) is 6.54. The average molecular weight is 316 g/mol. The van der Waals surface area contributed by atoms with Crippen molar-refractivity contribution in [2.45, 2.75) is 52.1 Å². The van der Waals surface area contributed by atoms with E-state index in [9.17, 15) is 4.79 Å². The first kappa shape index (κ1) is 17.3. The highest BCUT2D eigenvalue weighted by atomic mass is 16.6. The summed E-state index contributed by atoms with van der Waals surface area (Å²) in [6.07, 6.45) is 3.14. The lowest BCUT2D eigenvalue weighted by molar-refractivity contribution is 0.00613. The fraction of sp³-hybridized carbons (Fsp3) is 0.500. The van der Waals surface area contributed by atoms with Gasteiger partial charge in [0.05, 0.1) is 16.7 Å². The second-order valence-corrected chi connectivity index (χ2v) is 6.54. The zero-order chi connectivity index (χ0) is 16.9. The van der Waals surface area contributed by atoms with Crippen LogP contribution in [0.25, 0.3) is 11.0 Å². The van der Waals surface area contributed by atoms with E-state index < -0.39 is 11.6 Å². The molecule has 0 saturated heterocycles. The van der Waals surface area contributed by atoms with Gasteiger partial charge in [0.2, 0.25) is 0 Å². The lowest BCUT2D eigenvalue weighted by Gasteiger charge is -2.20. The van der Waals surface area contributed by atoms with Gasteiger partial charge in [-0.15, -0.1) is 0 Å². The highest BCUT2D eigenvalue weighted by molar-refractivity contribution is 5.91. The van der Waals surface area contributed by atoms with E-state index in [2.05, 4.69) is 9.97 Å². The van der Waals surface area contributed by atoms with Crippen molar-refractivity contribution in [2.75, 3.05) is 6.61 Å². The molecule has 0 aliphatic rings. The molecule has 0 bridgehead atoms. The maximum atomic E-state index is 12.4. The minimum Gasteiger partial charge on any atom is -0.455 e. The molecule has 0 aliphatic heterocycles. The third-order valence-corrected chi connectivity index (χ3v) is 3.31. The highest BCUT2D eigenvalue weighted by Crippen LogP contribution is 2.18. The molecule has 0 fully saturated rings. The van der Waals surface area contributed by atoms with E-state index >= 15 is 0 Å². The fourth-order valence-corrected chi connectivity index (χ4v) is 2.28. The number of ether oxygens (including phenoxy) is 1. The van der Waals surface area contributed by atoms with Gasteiger partial charge in [0.25, 0.3) is 0 Å². The molecule has 0 radical (unpaired) electrons. The Hall–Kier alpha value is -2.01. The van der Waals surface area contributed by atoms with Crippen molar-refractivity contribution in [3.63, 3.8) is 0 Å². The van der Waals surface area contributed by atoms with E-state index in [4.69, 9.17) is 9.84 Å². The topological polar surface area (TPSA) is 72.3 Å². The van der Waals surface area contributed by atoms with Crippen LogP contribution in [0.4, 0.5) is 0 Å². The van der Waals surface area contributed by atoms with E-state index in [0.29, 0.717) is 23.3 Å². The van der Waals surface area contributed by atoms with Crippen LogP contribution in [0.5, 0.6) is 0 Å². The predicted octanol–water partition coefficient (Wildman–Crippen LogP) is 3.29. The smallest absolute Gasteiger partial charge is 0.359 e. The molecule has 0 unspecified atom stereocenters. The number of hydrogen-bond acceptors (Lipinski definition) is 5. The largest absolute Gasteiger partial charge is 0.455 e. The van der Waals surface area contributed by atoms with Crippen molar-refractivity contribution >= 4 is 17.0 Å². The number of aromatic nitrogens is 2. The number of unbranched alkanes of at least 4 members (excludes halogenated alkanes) is 2. The van der Waals surface area contributed by atoms with Crippen LogP contribution in [0.1, 0.15) is 56.2 Å². The molecule has 0 aliphatic carbocycles. The molecule has 5 heteroatoms. The fourth-order valence-electron chi connectivity index (χ4n) is 2.28. The van der Waals surface area contributed by atoms with Crippen molar-refractivity contribution in [2.24, 2.45) is 0 Å². The molecule has 1 heterocycles. The summed E-state index contributed by atoms with van der Waals surface area (Å²) in [5.74, 6) is -0.437. The first-order valence-corrected chi connectivity index (χ1v) is 8.00. The standard InChI is InChI=1S/C18H24N2O3/c1-18(2,3)23-17(22)16-15(11-5-4-8-12-21)19-13-9-6-7-10-14(13)20-16/h6-7,9-10,21H,4-5,8,11-12H2,1-3H3. The summed E-state index contributed by atoms with van der Waals surface area (Å²) in [6, 6.07) is 7.50. The number of esters is 1. The van der Waals surface area contributed by atoms with E-state index in [1.807, 2.05) is 45.0 Å². The van der Waals surface area contributed by atoms with Gasteiger partial charge >= 0.3 is 5.97 Å². The Balaban J connectivity index is 2.32. The molecule has 1 aromatic heterocycles. The SMILES string of the molecule is CC(C)(C)OC(=O)c1nc2ccccc2nc1CCCCCO. The van der Waals surface area contributed by atoms with E-state index in [0.717, 1.165) is 24.8 Å². The molecule has 2 aromatic rings. The number of carbonyl (C=O) groups is 1. The van der Waals surface area contributed by atoms with Gasteiger partial charge in [-0.25, -0.2) is 14.8 Å². The van der Waals surface area contributed by atoms with Crippen molar-refractivity contribution in [1.82, 2.24) is 9.97 Å². The molecular formula is C18H24N2O3. The minimum absolute atomic E-state index is 0.183. The number of para-hydroxylation sites is 2. The van der Waals surface area contributed by atoms with Crippen LogP contribution in [0.2, 0.25) is 0 Å². The minimum atomic E-state index is -0.571. The number of hydrogen-bond donors (Lipinski definition) is 1. The van der Waals surface area contributed by atoms with Crippen molar-refractivity contribution < 1.29 is 14.6 Å². The Bertz CT molecular complexity index is 678. The number of nitrogens with zero attached hydrogens (tertiary/aromatic N) is 2. The normalized spacial score (nSPS) is 11.7. The molecule has 0 atom stereocenters. The van der Waals surface area contributed by atoms with Crippen LogP contribution in [-0.2, 0) is 11.2 Å². The summed E-state index contributed by atoms with van der Waals surface area (Å²) in [4.78, 5) is 21.5. The number of benzene rings is 1. The lowest BCUT2D eigenvalue weighted by atomic mass is 10.1. The van der Waals surface area contributed by atoms with Crippen LogP contribution in [0.3, 0.4) is 0 Å². The number of aliphatic hydroxyl groups excluding tert-OH is 1. The molecular weight excluding hydrogens is 292 g/mol. The van der Waals surface area contributed by atoms with Gasteiger partial charge in [-0.05, 0) is 52.2 Å². The average Bonchev–Trinajstić information content (AvgIpc) is 2.49. The zero-order valence-corrected chi connectivity index (χ0v) is 14.0.